The van der Waals surface area contributed by atoms with E-state index in [9.17, 15) is 5.11 Å². The first-order valence-electron chi connectivity index (χ1n) is 8.37. The molecule has 0 amide bonds. The number of nitrogens with one attached hydrogen (secondary N) is 1. The topological polar surface area (TPSA) is 50.7 Å². The quantitative estimate of drug-likeness (QED) is 0.832. The van der Waals surface area contributed by atoms with Crippen LogP contribution in [0.1, 0.15) is 57.8 Å². The Morgan fingerprint density at radius 2 is 1.75 bits per heavy atom. The molecule has 0 aromatic rings. The first-order chi connectivity index (χ1) is 9.70. The third-order valence-corrected chi connectivity index (χ3v) is 5.40. The van der Waals surface area contributed by atoms with E-state index in [1.807, 2.05) is 0 Å². The van der Waals surface area contributed by atoms with Gasteiger partial charge < -0.3 is 19.9 Å². The highest BCUT2D eigenvalue weighted by Gasteiger charge is 2.39. The summed E-state index contributed by atoms with van der Waals surface area (Å²) in [5.74, 6) is 0. The number of hydrogen-bond donors (Lipinski definition) is 2. The molecule has 2 saturated heterocycles. The summed E-state index contributed by atoms with van der Waals surface area (Å²) in [7, 11) is 0. The molecule has 0 aromatic heterocycles. The molecule has 1 unspecified atom stereocenters. The molecule has 0 aromatic carbocycles. The average Bonchev–Trinajstić information content (AvgIpc) is 2.47. The minimum atomic E-state index is -0.459. The Bertz CT molecular complexity index is 303. The summed E-state index contributed by atoms with van der Waals surface area (Å²) in [4.78, 5) is 0. The average molecular weight is 283 g/mol. The Hall–Kier alpha value is -0.160. The van der Waals surface area contributed by atoms with Gasteiger partial charge in [-0.2, -0.15) is 0 Å². The van der Waals surface area contributed by atoms with Gasteiger partial charge in [-0.25, -0.2) is 0 Å². The molecule has 4 heteroatoms. The van der Waals surface area contributed by atoms with Crippen LogP contribution in [0.15, 0.2) is 0 Å². The van der Waals surface area contributed by atoms with Crippen LogP contribution in [0.25, 0.3) is 0 Å². The third kappa shape index (κ3) is 3.53. The summed E-state index contributed by atoms with van der Waals surface area (Å²) in [5, 5.41) is 14.2. The lowest BCUT2D eigenvalue weighted by atomic mass is 9.82. The molecular weight excluding hydrogens is 254 g/mol. The highest BCUT2D eigenvalue weighted by Crippen LogP contribution is 2.35. The zero-order chi connectivity index (χ0) is 13.9. The molecule has 3 rings (SSSR count). The monoisotopic (exact) mass is 283 g/mol. The maximum absolute atomic E-state index is 10.6. The molecule has 116 valence electrons. The normalized spacial score (nSPS) is 33.1. The van der Waals surface area contributed by atoms with Gasteiger partial charge in [-0.1, -0.05) is 19.3 Å². The van der Waals surface area contributed by atoms with Crippen molar-refractivity contribution in [2.75, 3.05) is 26.4 Å². The first kappa shape index (κ1) is 14.8. The van der Waals surface area contributed by atoms with Gasteiger partial charge in [-0.3, -0.25) is 0 Å². The third-order valence-electron chi connectivity index (χ3n) is 5.40. The van der Waals surface area contributed by atoms with E-state index < -0.39 is 5.60 Å². The second kappa shape index (κ2) is 6.30. The molecule has 0 radical (unpaired) electrons. The standard InChI is InChI=1S/C16H29NO3/c18-15(5-2-1-3-6-15)13-17-14-4-9-20-16(12-14)7-10-19-11-8-16/h14,17-18H,1-13H2. The molecule has 20 heavy (non-hydrogen) atoms. The van der Waals surface area contributed by atoms with Crippen molar-refractivity contribution in [3.8, 4) is 0 Å². The molecular formula is C16H29NO3. The van der Waals surface area contributed by atoms with Crippen molar-refractivity contribution in [2.45, 2.75) is 75.0 Å². The Kier molecular flexibility index (Phi) is 4.65. The van der Waals surface area contributed by atoms with E-state index in [1.165, 1.54) is 19.3 Å². The molecule has 2 aliphatic heterocycles. The second-order valence-corrected chi connectivity index (χ2v) is 7.00. The van der Waals surface area contributed by atoms with Gasteiger partial charge in [0.2, 0.25) is 0 Å². The molecule has 2 heterocycles. The van der Waals surface area contributed by atoms with Crippen LogP contribution in [0.4, 0.5) is 0 Å². The predicted octanol–water partition coefficient (Wildman–Crippen LogP) is 2.00. The van der Waals surface area contributed by atoms with E-state index in [4.69, 9.17) is 9.47 Å². The van der Waals surface area contributed by atoms with Gasteiger partial charge in [0.25, 0.3) is 0 Å². The molecule has 4 nitrogen and oxygen atoms in total. The van der Waals surface area contributed by atoms with Crippen LogP contribution in [0.2, 0.25) is 0 Å². The molecule has 1 saturated carbocycles. The fraction of sp³-hybridized carbons (Fsp3) is 1.00. The van der Waals surface area contributed by atoms with E-state index in [-0.39, 0.29) is 5.60 Å². The van der Waals surface area contributed by atoms with Gasteiger partial charge in [-0.15, -0.1) is 0 Å². The summed E-state index contributed by atoms with van der Waals surface area (Å²) in [6.45, 7) is 3.26. The predicted molar refractivity (Wildman–Crippen MR) is 77.8 cm³/mol. The van der Waals surface area contributed by atoms with Gasteiger partial charge in [0, 0.05) is 32.4 Å². The molecule has 1 spiro atoms. The van der Waals surface area contributed by atoms with Crippen LogP contribution < -0.4 is 5.32 Å². The largest absolute Gasteiger partial charge is 0.389 e. The maximum atomic E-state index is 10.6. The van der Waals surface area contributed by atoms with E-state index in [1.54, 1.807) is 0 Å². The zero-order valence-electron chi connectivity index (χ0n) is 12.5. The minimum absolute atomic E-state index is 0.0450. The first-order valence-corrected chi connectivity index (χ1v) is 8.37. The smallest absolute Gasteiger partial charge is 0.0771 e. The van der Waals surface area contributed by atoms with E-state index in [2.05, 4.69) is 5.32 Å². The van der Waals surface area contributed by atoms with Crippen molar-refractivity contribution in [1.29, 1.82) is 0 Å². The molecule has 0 bridgehead atoms. The summed E-state index contributed by atoms with van der Waals surface area (Å²) >= 11 is 0. The van der Waals surface area contributed by atoms with Crippen LogP contribution in [0.5, 0.6) is 0 Å². The van der Waals surface area contributed by atoms with Crippen molar-refractivity contribution in [2.24, 2.45) is 0 Å². The van der Waals surface area contributed by atoms with Gasteiger partial charge in [0.15, 0.2) is 0 Å². The highest BCUT2D eigenvalue weighted by molar-refractivity contribution is 4.93. The van der Waals surface area contributed by atoms with E-state index in [0.717, 1.165) is 64.9 Å². The molecule has 3 aliphatic rings. The van der Waals surface area contributed by atoms with Crippen LogP contribution in [-0.4, -0.2) is 48.7 Å². The minimum Gasteiger partial charge on any atom is -0.389 e. The summed E-state index contributed by atoms with van der Waals surface area (Å²) < 4.78 is 11.5. The number of ether oxygens (including phenoxy) is 2. The lowest BCUT2D eigenvalue weighted by Crippen LogP contribution is -2.53. The van der Waals surface area contributed by atoms with Crippen LogP contribution in [-0.2, 0) is 9.47 Å². The van der Waals surface area contributed by atoms with Crippen LogP contribution >= 0.6 is 0 Å². The fourth-order valence-corrected chi connectivity index (χ4v) is 4.01. The summed E-state index contributed by atoms with van der Waals surface area (Å²) in [6.07, 6.45) is 9.74. The molecule has 3 fully saturated rings. The Balaban J connectivity index is 1.49. The zero-order valence-corrected chi connectivity index (χ0v) is 12.5. The fourth-order valence-electron chi connectivity index (χ4n) is 4.01. The SMILES string of the molecule is OC1(CNC2CCOC3(CCOCC3)C2)CCCCC1. The Labute approximate surface area is 122 Å². The van der Waals surface area contributed by atoms with Crippen molar-refractivity contribution in [1.82, 2.24) is 5.32 Å². The summed E-state index contributed by atoms with van der Waals surface area (Å²) in [6, 6.07) is 0.493. The summed E-state index contributed by atoms with van der Waals surface area (Å²) in [5.41, 5.74) is -0.414. The lowest BCUT2D eigenvalue weighted by Gasteiger charge is -2.44. The second-order valence-electron chi connectivity index (χ2n) is 7.00. The molecule has 2 N–H and O–H groups in total. The van der Waals surface area contributed by atoms with E-state index >= 15 is 0 Å². The molecule has 1 atom stereocenters. The number of aliphatic hydroxyl groups is 1. The Morgan fingerprint density at radius 1 is 1.00 bits per heavy atom. The van der Waals surface area contributed by atoms with Crippen molar-refractivity contribution in [3.05, 3.63) is 0 Å². The number of rotatable bonds is 3. The van der Waals surface area contributed by atoms with Gasteiger partial charge in [-0.05, 0) is 38.5 Å². The lowest BCUT2D eigenvalue weighted by molar-refractivity contribution is -0.141. The maximum Gasteiger partial charge on any atom is 0.0771 e. The van der Waals surface area contributed by atoms with Gasteiger partial charge in [0.05, 0.1) is 11.2 Å². The Morgan fingerprint density at radius 3 is 2.50 bits per heavy atom. The van der Waals surface area contributed by atoms with Crippen LogP contribution in [0, 0.1) is 0 Å². The van der Waals surface area contributed by atoms with E-state index in [0.29, 0.717) is 6.04 Å². The highest BCUT2D eigenvalue weighted by atomic mass is 16.5. The van der Waals surface area contributed by atoms with Crippen molar-refractivity contribution >= 4 is 0 Å². The number of hydrogen-bond acceptors (Lipinski definition) is 4. The van der Waals surface area contributed by atoms with Crippen molar-refractivity contribution < 1.29 is 14.6 Å². The molecule has 1 aliphatic carbocycles. The van der Waals surface area contributed by atoms with Gasteiger partial charge in [0.1, 0.15) is 0 Å². The van der Waals surface area contributed by atoms with Gasteiger partial charge >= 0.3 is 0 Å². The van der Waals surface area contributed by atoms with Crippen LogP contribution in [0.3, 0.4) is 0 Å². The van der Waals surface area contributed by atoms with Crippen molar-refractivity contribution in [3.63, 3.8) is 0 Å².